The molecule has 0 aliphatic heterocycles. The first kappa shape index (κ1) is 37.8. The lowest BCUT2D eigenvalue weighted by Crippen LogP contribution is -2.11. The Kier molecular flexibility index (Phi) is 8.77. The molecule has 0 atom stereocenters. The summed E-state index contributed by atoms with van der Waals surface area (Å²) in [5, 5.41) is 12.1. The Morgan fingerprint density at radius 3 is 1.58 bits per heavy atom. The molecule has 0 unspecified atom stereocenters. The molecular formula is C62H45NO. The molecule has 0 radical (unpaired) electrons. The zero-order valence-corrected chi connectivity index (χ0v) is 36.1. The van der Waals surface area contributed by atoms with Crippen LogP contribution in [0.5, 0.6) is 0 Å². The fourth-order valence-corrected chi connectivity index (χ4v) is 9.91. The van der Waals surface area contributed by atoms with Gasteiger partial charge in [0.1, 0.15) is 5.58 Å². The number of fused-ring (bicyclic) bond motifs is 8. The molecular weight excluding hydrogens is 775 g/mol. The van der Waals surface area contributed by atoms with Gasteiger partial charge in [-0.2, -0.15) is 0 Å². The number of nitrogens with zero attached hydrogens (tertiary/aromatic N) is 1. The van der Waals surface area contributed by atoms with Crippen LogP contribution in [0.3, 0.4) is 0 Å². The third-order valence-corrected chi connectivity index (χ3v) is 13.1. The molecule has 2 nitrogen and oxygen atoms in total. The van der Waals surface area contributed by atoms with Crippen LogP contribution >= 0.6 is 0 Å². The van der Waals surface area contributed by atoms with Crippen molar-refractivity contribution >= 4 is 82.1 Å². The summed E-state index contributed by atoms with van der Waals surface area (Å²) in [5.41, 5.74) is 13.1. The van der Waals surface area contributed by atoms with Crippen molar-refractivity contribution in [3.63, 3.8) is 0 Å². The third-order valence-electron chi connectivity index (χ3n) is 13.1. The number of para-hydroxylation sites is 2. The predicted octanol–water partition coefficient (Wildman–Crippen LogP) is 18.0. The molecule has 0 saturated carbocycles. The number of rotatable bonds is 6. The first-order chi connectivity index (χ1) is 31.4. The first-order valence-electron chi connectivity index (χ1n) is 22.2. The number of hydrogen-bond donors (Lipinski definition) is 0. The SMILES string of the molecule is CC(C)(C)c1cc2ccccc2c2c1oc1c(N(c3ccc(-c4ccc5cc(-c6ccc7ccccc7c6)ccc5c4)cc3)c3ccccc3-c3cccc4ccccc34)cccc12. The maximum Gasteiger partial charge on any atom is 0.159 e. The fraction of sp³-hybridized carbons (Fsp3) is 0.0645. The van der Waals surface area contributed by atoms with E-state index in [9.17, 15) is 0 Å². The Bertz CT molecular complexity index is 3770. The third kappa shape index (κ3) is 6.33. The smallest absolute Gasteiger partial charge is 0.159 e. The summed E-state index contributed by atoms with van der Waals surface area (Å²) in [6, 6.07) is 79.7. The van der Waals surface area contributed by atoms with Gasteiger partial charge in [0.05, 0.1) is 11.4 Å². The topological polar surface area (TPSA) is 16.4 Å². The molecule has 0 spiro atoms. The second-order valence-corrected chi connectivity index (χ2v) is 18.1. The molecule has 0 amide bonds. The van der Waals surface area contributed by atoms with Gasteiger partial charge in [-0.25, -0.2) is 0 Å². The Labute approximate surface area is 373 Å². The maximum atomic E-state index is 7.24. The molecule has 1 aromatic heterocycles. The molecule has 64 heavy (non-hydrogen) atoms. The van der Waals surface area contributed by atoms with E-state index in [0.717, 1.165) is 50.1 Å². The van der Waals surface area contributed by atoms with Gasteiger partial charge in [-0.1, -0.05) is 191 Å². The maximum absolute atomic E-state index is 7.24. The Morgan fingerprint density at radius 1 is 0.344 bits per heavy atom. The molecule has 0 aliphatic rings. The summed E-state index contributed by atoms with van der Waals surface area (Å²) in [5.74, 6) is 0. The van der Waals surface area contributed by atoms with Crippen molar-refractivity contribution in [1.82, 2.24) is 0 Å². The monoisotopic (exact) mass is 819 g/mol. The minimum Gasteiger partial charge on any atom is -0.454 e. The summed E-state index contributed by atoms with van der Waals surface area (Å²) >= 11 is 0. The highest BCUT2D eigenvalue weighted by molar-refractivity contribution is 6.22. The number of furan rings is 1. The number of anilines is 3. The summed E-state index contributed by atoms with van der Waals surface area (Å²) in [6.45, 7) is 6.83. The van der Waals surface area contributed by atoms with E-state index in [2.05, 4.69) is 244 Å². The van der Waals surface area contributed by atoms with Gasteiger partial charge in [0.15, 0.2) is 5.58 Å². The van der Waals surface area contributed by atoms with Crippen molar-refractivity contribution in [2.45, 2.75) is 26.2 Å². The van der Waals surface area contributed by atoms with Crippen LogP contribution in [-0.2, 0) is 5.41 Å². The van der Waals surface area contributed by atoms with Gasteiger partial charge in [0.25, 0.3) is 0 Å². The fourth-order valence-electron chi connectivity index (χ4n) is 9.91. The van der Waals surface area contributed by atoms with E-state index in [1.807, 2.05) is 0 Å². The molecule has 11 aromatic carbocycles. The highest BCUT2D eigenvalue weighted by Gasteiger charge is 2.27. The molecule has 1 heterocycles. The lowest BCUT2D eigenvalue weighted by Gasteiger charge is -2.28. The van der Waals surface area contributed by atoms with Crippen LogP contribution in [0.15, 0.2) is 223 Å². The van der Waals surface area contributed by atoms with Gasteiger partial charge in [-0.05, 0) is 125 Å². The number of hydrogen-bond acceptors (Lipinski definition) is 2. The summed E-state index contributed by atoms with van der Waals surface area (Å²) < 4.78 is 7.24. The van der Waals surface area contributed by atoms with Crippen molar-refractivity contribution in [1.29, 1.82) is 0 Å². The van der Waals surface area contributed by atoms with E-state index in [1.165, 1.54) is 70.9 Å². The summed E-state index contributed by atoms with van der Waals surface area (Å²) in [7, 11) is 0. The Morgan fingerprint density at radius 2 is 0.844 bits per heavy atom. The standard InChI is InChI=1S/C62H45NO/c1-62(2,3)56-39-49-17-7-9-20-52(49)59-55-23-13-25-58(60(55)64-61(56)59)63(57-24-11-10-21-54(57)53-22-12-18-42-15-6-8-19-51(42)53)50-34-32-41(33-35-50)44-28-29-47-38-48(31-30-46(47)37-44)45-27-26-40-14-4-5-16-43(40)36-45/h4-39H,1-3H3. The van der Waals surface area contributed by atoms with Crippen LogP contribution in [0, 0.1) is 0 Å². The van der Waals surface area contributed by atoms with E-state index in [-0.39, 0.29) is 5.41 Å². The van der Waals surface area contributed by atoms with Crippen molar-refractivity contribution in [3.8, 4) is 33.4 Å². The van der Waals surface area contributed by atoms with Crippen molar-refractivity contribution in [2.75, 3.05) is 4.90 Å². The minimum atomic E-state index is -0.130. The molecule has 0 saturated heterocycles. The molecule has 304 valence electrons. The Balaban J connectivity index is 1.02. The van der Waals surface area contributed by atoms with Crippen molar-refractivity contribution in [3.05, 3.63) is 224 Å². The first-order valence-corrected chi connectivity index (χ1v) is 22.2. The highest BCUT2D eigenvalue weighted by Crippen LogP contribution is 2.49. The second kappa shape index (κ2) is 14.9. The van der Waals surface area contributed by atoms with Crippen LogP contribution in [0.25, 0.3) is 98.4 Å². The summed E-state index contributed by atoms with van der Waals surface area (Å²) in [4.78, 5) is 2.40. The molecule has 2 heteroatoms. The largest absolute Gasteiger partial charge is 0.454 e. The van der Waals surface area contributed by atoms with Crippen LogP contribution in [0.2, 0.25) is 0 Å². The van der Waals surface area contributed by atoms with Crippen LogP contribution in [-0.4, -0.2) is 0 Å². The number of benzene rings is 11. The van der Waals surface area contributed by atoms with Crippen LogP contribution in [0.1, 0.15) is 26.3 Å². The van der Waals surface area contributed by atoms with E-state index >= 15 is 0 Å². The van der Waals surface area contributed by atoms with Crippen molar-refractivity contribution in [2.24, 2.45) is 0 Å². The van der Waals surface area contributed by atoms with Gasteiger partial charge >= 0.3 is 0 Å². The summed E-state index contributed by atoms with van der Waals surface area (Å²) in [6.07, 6.45) is 0. The van der Waals surface area contributed by atoms with Crippen LogP contribution in [0.4, 0.5) is 17.1 Å². The molecule has 12 aromatic rings. The second-order valence-electron chi connectivity index (χ2n) is 18.1. The molecule has 0 fully saturated rings. The highest BCUT2D eigenvalue weighted by atomic mass is 16.3. The van der Waals surface area contributed by atoms with Crippen molar-refractivity contribution < 1.29 is 4.42 Å². The molecule has 0 aliphatic carbocycles. The van der Waals surface area contributed by atoms with E-state index < -0.39 is 0 Å². The molecule has 0 N–H and O–H groups in total. The zero-order valence-electron chi connectivity index (χ0n) is 36.1. The lowest BCUT2D eigenvalue weighted by atomic mass is 9.84. The predicted molar refractivity (Wildman–Crippen MR) is 273 cm³/mol. The van der Waals surface area contributed by atoms with Gasteiger partial charge < -0.3 is 9.32 Å². The normalized spacial score (nSPS) is 12.0. The zero-order chi connectivity index (χ0) is 42.9. The van der Waals surface area contributed by atoms with Gasteiger partial charge in [0, 0.05) is 27.6 Å². The van der Waals surface area contributed by atoms with E-state index in [4.69, 9.17) is 4.42 Å². The average Bonchev–Trinajstić information content (AvgIpc) is 3.74. The average molecular weight is 820 g/mol. The van der Waals surface area contributed by atoms with Gasteiger partial charge in [-0.3, -0.25) is 0 Å². The van der Waals surface area contributed by atoms with Gasteiger partial charge in [0.2, 0.25) is 0 Å². The quantitative estimate of drug-likeness (QED) is 0.166. The lowest BCUT2D eigenvalue weighted by molar-refractivity contribution is 0.573. The van der Waals surface area contributed by atoms with Crippen LogP contribution < -0.4 is 4.90 Å². The van der Waals surface area contributed by atoms with E-state index in [1.54, 1.807) is 0 Å². The Hall–Kier alpha value is -7.94. The minimum absolute atomic E-state index is 0.130. The van der Waals surface area contributed by atoms with Gasteiger partial charge in [-0.15, -0.1) is 0 Å². The molecule has 0 bridgehead atoms. The van der Waals surface area contributed by atoms with E-state index in [0.29, 0.717) is 0 Å². The molecule has 12 rings (SSSR count).